The van der Waals surface area contributed by atoms with Crippen LogP contribution in [0.5, 0.6) is 17.2 Å². The van der Waals surface area contributed by atoms with Crippen molar-refractivity contribution >= 4 is 5.69 Å². The molecule has 0 aromatic heterocycles. The van der Waals surface area contributed by atoms with Crippen LogP contribution in [0, 0.1) is 0 Å². The second-order valence-corrected chi connectivity index (χ2v) is 4.00. The van der Waals surface area contributed by atoms with Crippen molar-refractivity contribution in [2.75, 3.05) is 20.0 Å². The molecule has 0 spiro atoms. The lowest BCUT2D eigenvalue weighted by Crippen LogP contribution is -2.01. The monoisotopic (exact) mass is 259 g/mol. The van der Waals surface area contributed by atoms with Crippen molar-refractivity contribution in [1.29, 1.82) is 0 Å². The Kier molecular flexibility index (Phi) is 4.13. The van der Waals surface area contributed by atoms with Crippen LogP contribution in [0.1, 0.15) is 5.56 Å². The molecule has 2 aromatic carbocycles. The average Bonchev–Trinajstić information content (AvgIpc) is 2.46. The van der Waals surface area contributed by atoms with Crippen LogP contribution in [0.25, 0.3) is 0 Å². The molecular formula is C15H17NO3. The molecule has 0 aliphatic carbocycles. The fraction of sp³-hybridized carbons (Fsp3) is 0.200. The number of ether oxygens (including phenoxy) is 3. The van der Waals surface area contributed by atoms with E-state index in [2.05, 4.69) is 0 Å². The van der Waals surface area contributed by atoms with Crippen LogP contribution in [0.4, 0.5) is 5.69 Å². The fourth-order valence-electron chi connectivity index (χ4n) is 1.74. The van der Waals surface area contributed by atoms with Gasteiger partial charge in [-0.3, -0.25) is 0 Å². The minimum Gasteiger partial charge on any atom is -0.497 e. The molecule has 0 heterocycles. The van der Waals surface area contributed by atoms with Crippen molar-refractivity contribution in [3.63, 3.8) is 0 Å². The van der Waals surface area contributed by atoms with Crippen LogP contribution < -0.4 is 19.9 Å². The third-order valence-electron chi connectivity index (χ3n) is 2.80. The van der Waals surface area contributed by atoms with Crippen LogP contribution in [0.2, 0.25) is 0 Å². The van der Waals surface area contributed by atoms with E-state index in [9.17, 15) is 0 Å². The summed E-state index contributed by atoms with van der Waals surface area (Å²) in [6.45, 7) is 0.390. The molecule has 0 saturated carbocycles. The lowest BCUT2D eigenvalue weighted by atomic mass is 10.2. The number of anilines is 1. The van der Waals surface area contributed by atoms with E-state index in [-0.39, 0.29) is 0 Å². The maximum Gasteiger partial charge on any atom is 0.146 e. The molecule has 2 N–H and O–H groups in total. The smallest absolute Gasteiger partial charge is 0.146 e. The summed E-state index contributed by atoms with van der Waals surface area (Å²) >= 11 is 0. The van der Waals surface area contributed by atoms with E-state index in [1.54, 1.807) is 32.4 Å². The summed E-state index contributed by atoms with van der Waals surface area (Å²) < 4.78 is 16.1. The minimum atomic E-state index is 0.390. The van der Waals surface area contributed by atoms with Gasteiger partial charge in [0.2, 0.25) is 0 Å². The topological polar surface area (TPSA) is 53.7 Å². The third kappa shape index (κ3) is 3.10. The van der Waals surface area contributed by atoms with E-state index in [1.807, 2.05) is 24.3 Å². The number of nitrogens with two attached hydrogens (primary N) is 1. The number of hydrogen-bond acceptors (Lipinski definition) is 4. The van der Waals surface area contributed by atoms with Crippen LogP contribution in [0.15, 0.2) is 42.5 Å². The van der Waals surface area contributed by atoms with Crippen molar-refractivity contribution in [3.8, 4) is 17.2 Å². The first kappa shape index (κ1) is 13.1. The first-order valence-corrected chi connectivity index (χ1v) is 5.93. The second kappa shape index (κ2) is 6.00. The molecule has 0 fully saturated rings. The van der Waals surface area contributed by atoms with Gasteiger partial charge in [0.05, 0.1) is 19.9 Å². The molecule has 0 saturated heterocycles. The molecule has 0 unspecified atom stereocenters. The summed E-state index contributed by atoms with van der Waals surface area (Å²) in [6, 6.07) is 13.0. The zero-order chi connectivity index (χ0) is 13.7. The van der Waals surface area contributed by atoms with Gasteiger partial charge >= 0.3 is 0 Å². The van der Waals surface area contributed by atoms with E-state index in [1.165, 1.54) is 0 Å². The minimum absolute atomic E-state index is 0.390. The molecule has 0 radical (unpaired) electrons. The largest absolute Gasteiger partial charge is 0.497 e. The fourth-order valence-corrected chi connectivity index (χ4v) is 1.74. The second-order valence-electron chi connectivity index (χ2n) is 4.00. The van der Waals surface area contributed by atoms with E-state index in [0.717, 1.165) is 11.3 Å². The summed E-state index contributed by atoms with van der Waals surface area (Å²) in [5, 5.41) is 0. The first-order chi connectivity index (χ1) is 9.24. The molecule has 19 heavy (non-hydrogen) atoms. The number of nitrogen functional groups attached to an aromatic ring is 1. The van der Waals surface area contributed by atoms with Gasteiger partial charge in [-0.2, -0.15) is 0 Å². The quantitative estimate of drug-likeness (QED) is 0.839. The number of rotatable bonds is 5. The van der Waals surface area contributed by atoms with Crippen molar-refractivity contribution in [1.82, 2.24) is 0 Å². The Bertz CT molecular complexity index is 555. The van der Waals surface area contributed by atoms with Crippen LogP contribution in [-0.2, 0) is 6.61 Å². The van der Waals surface area contributed by atoms with Crippen molar-refractivity contribution in [2.45, 2.75) is 6.61 Å². The first-order valence-electron chi connectivity index (χ1n) is 5.93. The predicted molar refractivity (Wildman–Crippen MR) is 74.7 cm³/mol. The highest BCUT2D eigenvalue weighted by atomic mass is 16.5. The number of methoxy groups -OCH3 is 2. The van der Waals surface area contributed by atoms with Gasteiger partial charge in [0.1, 0.15) is 23.9 Å². The third-order valence-corrected chi connectivity index (χ3v) is 2.80. The van der Waals surface area contributed by atoms with Crippen molar-refractivity contribution in [2.24, 2.45) is 0 Å². The zero-order valence-corrected chi connectivity index (χ0v) is 11.1. The molecule has 0 atom stereocenters. The molecule has 4 nitrogen and oxygen atoms in total. The van der Waals surface area contributed by atoms with E-state index in [4.69, 9.17) is 19.9 Å². The molecule has 2 aromatic rings. The van der Waals surface area contributed by atoms with Gasteiger partial charge in [-0.15, -0.1) is 0 Å². The van der Waals surface area contributed by atoms with Gasteiger partial charge < -0.3 is 19.9 Å². The van der Waals surface area contributed by atoms with Crippen LogP contribution >= 0.6 is 0 Å². The summed E-state index contributed by atoms with van der Waals surface area (Å²) in [4.78, 5) is 0. The number of para-hydroxylation sites is 1. The SMILES string of the molecule is COc1ccc(N)c(OCc2ccccc2OC)c1. The highest BCUT2D eigenvalue weighted by Gasteiger charge is 2.06. The van der Waals surface area contributed by atoms with Gasteiger partial charge in [-0.1, -0.05) is 18.2 Å². The Morgan fingerprint density at radius 3 is 2.47 bits per heavy atom. The summed E-state index contributed by atoms with van der Waals surface area (Å²) in [5.41, 5.74) is 7.41. The summed E-state index contributed by atoms with van der Waals surface area (Å²) in [6.07, 6.45) is 0. The lowest BCUT2D eigenvalue weighted by molar-refractivity contribution is 0.296. The Hall–Kier alpha value is -2.36. The van der Waals surface area contributed by atoms with Gasteiger partial charge in [-0.05, 0) is 18.2 Å². The van der Waals surface area contributed by atoms with Gasteiger partial charge in [0.15, 0.2) is 0 Å². The van der Waals surface area contributed by atoms with Gasteiger partial charge in [0.25, 0.3) is 0 Å². The Balaban J connectivity index is 2.14. The molecule has 0 aliphatic heterocycles. The highest BCUT2D eigenvalue weighted by Crippen LogP contribution is 2.28. The maximum absolute atomic E-state index is 5.87. The number of hydrogen-bond donors (Lipinski definition) is 1. The molecular weight excluding hydrogens is 242 g/mol. The zero-order valence-electron chi connectivity index (χ0n) is 11.1. The van der Waals surface area contributed by atoms with E-state index < -0.39 is 0 Å². The normalized spacial score (nSPS) is 10.0. The Morgan fingerprint density at radius 1 is 0.947 bits per heavy atom. The lowest BCUT2D eigenvalue weighted by Gasteiger charge is -2.12. The molecule has 100 valence electrons. The van der Waals surface area contributed by atoms with Crippen molar-refractivity contribution in [3.05, 3.63) is 48.0 Å². The van der Waals surface area contributed by atoms with Crippen molar-refractivity contribution < 1.29 is 14.2 Å². The molecule has 2 rings (SSSR count). The molecule has 0 aliphatic rings. The summed E-state index contributed by atoms with van der Waals surface area (Å²) in [7, 11) is 3.24. The summed E-state index contributed by atoms with van der Waals surface area (Å²) in [5.74, 6) is 2.11. The Labute approximate surface area is 112 Å². The predicted octanol–water partition coefficient (Wildman–Crippen LogP) is 2.87. The average molecular weight is 259 g/mol. The highest BCUT2D eigenvalue weighted by molar-refractivity contribution is 5.55. The standard InChI is InChI=1S/C15H17NO3/c1-17-12-7-8-13(16)15(9-12)19-10-11-5-3-4-6-14(11)18-2/h3-9H,10,16H2,1-2H3. The Morgan fingerprint density at radius 2 is 1.74 bits per heavy atom. The van der Waals surface area contributed by atoms with Gasteiger partial charge in [0, 0.05) is 11.6 Å². The maximum atomic E-state index is 5.87. The molecule has 0 amide bonds. The number of benzene rings is 2. The van der Waals surface area contributed by atoms with Crippen LogP contribution in [-0.4, -0.2) is 14.2 Å². The van der Waals surface area contributed by atoms with Gasteiger partial charge in [-0.25, -0.2) is 0 Å². The van der Waals surface area contributed by atoms with Crippen LogP contribution in [0.3, 0.4) is 0 Å². The molecule has 4 heteroatoms. The van der Waals surface area contributed by atoms with E-state index in [0.29, 0.717) is 23.8 Å². The molecule has 0 bridgehead atoms. The van der Waals surface area contributed by atoms with E-state index >= 15 is 0 Å².